The minimum absolute atomic E-state index is 0.334. The molecule has 0 aliphatic heterocycles. The minimum Gasteiger partial charge on any atom is -0.372 e. The van der Waals surface area contributed by atoms with Crippen molar-refractivity contribution in [1.82, 2.24) is 0 Å². The van der Waals surface area contributed by atoms with E-state index in [2.05, 4.69) is 60.7 Å². The second-order valence-electron chi connectivity index (χ2n) is 3.41. The Hall–Kier alpha value is -0.530. The van der Waals surface area contributed by atoms with E-state index in [9.17, 15) is 4.79 Å². The Kier molecular flexibility index (Phi) is 6.17. The molecule has 0 heterocycles. The van der Waals surface area contributed by atoms with Gasteiger partial charge in [-0.2, -0.15) is 11.4 Å². The lowest BCUT2D eigenvalue weighted by Gasteiger charge is -2.12. The summed E-state index contributed by atoms with van der Waals surface area (Å²) in [6.45, 7) is 0. The van der Waals surface area contributed by atoms with Crippen molar-refractivity contribution >= 4 is 56.8 Å². The average molecular weight is 475 g/mol. The van der Waals surface area contributed by atoms with Crippen molar-refractivity contribution in [2.75, 3.05) is 5.43 Å². The zero-order valence-electron chi connectivity index (χ0n) is 9.11. The highest BCUT2D eigenvalue weighted by molar-refractivity contribution is 14.1. The van der Waals surface area contributed by atoms with Gasteiger partial charge in [-0.05, 0) is 69.3 Å². The van der Waals surface area contributed by atoms with Gasteiger partial charge in [0.25, 0.3) is 0 Å². The normalized spacial score (nSPS) is 11.8. The van der Waals surface area contributed by atoms with Gasteiger partial charge in [0.2, 0.25) is 0 Å². The average Bonchev–Trinajstić information content (AvgIpc) is 2.32. The smallest absolute Gasteiger partial charge is 0.341 e. The molecule has 1 aromatic carbocycles. The molecule has 6 N–H and O–H groups in total. The quantitative estimate of drug-likeness (QED) is 0.292. The number of rotatable bonds is 5. The lowest BCUT2D eigenvalue weighted by molar-refractivity contribution is -0.145. The molecule has 0 saturated carbocycles. The summed E-state index contributed by atoms with van der Waals surface area (Å²) in [5.41, 5.74) is 16.7. The molecule has 0 spiro atoms. The summed E-state index contributed by atoms with van der Waals surface area (Å²) in [7, 11) is 0. The van der Waals surface area contributed by atoms with Gasteiger partial charge in [-0.25, -0.2) is 4.79 Å². The van der Waals surface area contributed by atoms with Crippen molar-refractivity contribution in [3.05, 3.63) is 24.8 Å². The standard InChI is InChI=1S/C9H11I2N5O2/c10-5-1-4(3-7(12)9(17)18-14)2-6(11)8(5)15-16-13/h1-2,7H,3,12,14H2,(H2,13,15)/t7-/m0/s1. The Morgan fingerprint density at radius 3 is 2.50 bits per heavy atom. The predicted octanol–water partition coefficient (Wildman–Crippen LogP) is 1.54. The first-order valence-corrected chi connectivity index (χ1v) is 6.92. The number of nitrogens with two attached hydrogens (primary N) is 2. The van der Waals surface area contributed by atoms with Crippen LogP contribution in [0.4, 0.5) is 5.69 Å². The van der Waals surface area contributed by atoms with E-state index in [1.807, 2.05) is 12.1 Å². The van der Waals surface area contributed by atoms with Gasteiger partial charge in [-0.3, -0.25) is 5.43 Å². The van der Waals surface area contributed by atoms with Crippen molar-refractivity contribution in [3.63, 3.8) is 0 Å². The van der Waals surface area contributed by atoms with Crippen LogP contribution < -0.4 is 17.1 Å². The third-order valence-corrected chi connectivity index (χ3v) is 3.85. The van der Waals surface area contributed by atoms with Crippen LogP contribution in [-0.2, 0) is 16.1 Å². The number of halogens is 2. The third kappa shape index (κ3) is 4.00. The summed E-state index contributed by atoms with van der Waals surface area (Å²) < 4.78 is 1.78. The van der Waals surface area contributed by atoms with Crippen molar-refractivity contribution < 1.29 is 9.63 Å². The number of nitrogens with zero attached hydrogens (tertiary/aromatic N) is 1. The molecule has 1 aromatic rings. The SMILES string of the molecule is N=NNc1c(I)cc(C[C@H](N)C(=O)ON)cc1I. The Bertz CT molecular complexity index is 445. The summed E-state index contributed by atoms with van der Waals surface area (Å²) >= 11 is 4.23. The maximum absolute atomic E-state index is 11.1. The highest BCUT2D eigenvalue weighted by atomic mass is 127. The molecule has 0 unspecified atom stereocenters. The largest absolute Gasteiger partial charge is 0.372 e. The number of hydrogen-bond acceptors (Lipinski definition) is 6. The Balaban J connectivity index is 2.92. The monoisotopic (exact) mass is 475 g/mol. The Labute approximate surface area is 131 Å². The molecule has 0 fully saturated rings. The number of benzene rings is 1. The second kappa shape index (κ2) is 7.16. The van der Waals surface area contributed by atoms with E-state index in [0.717, 1.165) is 18.4 Å². The number of carbonyl (C=O) groups is 1. The van der Waals surface area contributed by atoms with Gasteiger partial charge < -0.3 is 10.6 Å². The minimum atomic E-state index is -0.790. The molecule has 0 aliphatic rings. The predicted molar refractivity (Wildman–Crippen MR) is 82.6 cm³/mol. The zero-order chi connectivity index (χ0) is 13.7. The van der Waals surface area contributed by atoms with Crippen LogP contribution in [0.3, 0.4) is 0 Å². The lowest BCUT2D eigenvalue weighted by Crippen LogP contribution is -2.35. The fourth-order valence-electron chi connectivity index (χ4n) is 1.33. The fourth-order valence-corrected chi connectivity index (χ4v) is 3.47. The van der Waals surface area contributed by atoms with Crippen molar-refractivity contribution in [2.45, 2.75) is 12.5 Å². The van der Waals surface area contributed by atoms with Gasteiger partial charge in [-0.15, -0.1) is 0 Å². The molecule has 1 atom stereocenters. The van der Waals surface area contributed by atoms with Gasteiger partial charge >= 0.3 is 5.97 Å². The highest BCUT2D eigenvalue weighted by Crippen LogP contribution is 2.27. The molecule has 18 heavy (non-hydrogen) atoms. The van der Waals surface area contributed by atoms with Gasteiger partial charge in [-0.1, -0.05) is 5.22 Å². The van der Waals surface area contributed by atoms with Crippen molar-refractivity contribution in [1.29, 1.82) is 5.53 Å². The first-order valence-electron chi connectivity index (χ1n) is 4.76. The molecule has 0 bridgehead atoms. The lowest BCUT2D eigenvalue weighted by atomic mass is 10.1. The first-order chi connectivity index (χ1) is 8.49. The molecule has 0 saturated heterocycles. The maximum atomic E-state index is 11.1. The van der Waals surface area contributed by atoms with Gasteiger partial charge in [0.05, 0.1) is 5.69 Å². The number of hydrogen-bond donors (Lipinski definition) is 4. The van der Waals surface area contributed by atoms with E-state index in [4.69, 9.17) is 17.2 Å². The molecule has 9 heteroatoms. The van der Waals surface area contributed by atoms with Gasteiger partial charge in [0.15, 0.2) is 0 Å². The van der Waals surface area contributed by atoms with Gasteiger partial charge in [0, 0.05) is 7.14 Å². The fraction of sp³-hybridized carbons (Fsp3) is 0.222. The van der Waals surface area contributed by atoms with E-state index in [1.54, 1.807) is 0 Å². The van der Waals surface area contributed by atoms with Crippen LogP contribution in [-0.4, -0.2) is 12.0 Å². The van der Waals surface area contributed by atoms with E-state index < -0.39 is 12.0 Å². The molecule has 98 valence electrons. The van der Waals surface area contributed by atoms with Crippen molar-refractivity contribution in [2.24, 2.45) is 16.9 Å². The number of carbonyl (C=O) groups excluding carboxylic acids is 1. The molecular weight excluding hydrogens is 464 g/mol. The number of anilines is 1. The molecule has 0 amide bonds. The van der Waals surface area contributed by atoms with Crippen LogP contribution in [0.15, 0.2) is 17.4 Å². The molecule has 0 radical (unpaired) electrons. The van der Waals surface area contributed by atoms with E-state index in [1.165, 1.54) is 0 Å². The summed E-state index contributed by atoms with van der Waals surface area (Å²) in [5, 5.41) is 3.13. The van der Waals surface area contributed by atoms with E-state index >= 15 is 0 Å². The van der Waals surface area contributed by atoms with Crippen LogP contribution in [0.1, 0.15) is 5.56 Å². The molecule has 7 nitrogen and oxygen atoms in total. The van der Waals surface area contributed by atoms with Crippen LogP contribution in [0, 0.1) is 12.7 Å². The molecular formula is C9H11I2N5O2. The zero-order valence-corrected chi connectivity index (χ0v) is 13.4. The Morgan fingerprint density at radius 1 is 1.50 bits per heavy atom. The van der Waals surface area contributed by atoms with Crippen molar-refractivity contribution in [3.8, 4) is 0 Å². The molecule has 0 aromatic heterocycles. The molecule has 1 rings (SSSR count). The first kappa shape index (κ1) is 15.5. The van der Waals surface area contributed by atoms with E-state index in [-0.39, 0.29) is 0 Å². The third-order valence-electron chi connectivity index (χ3n) is 2.14. The second-order valence-corrected chi connectivity index (χ2v) is 5.73. The topological polar surface area (TPSA) is 127 Å². The maximum Gasteiger partial charge on any atom is 0.341 e. The number of nitrogens with one attached hydrogen (secondary N) is 2. The summed E-state index contributed by atoms with van der Waals surface area (Å²) in [5.74, 6) is 4.12. The van der Waals surface area contributed by atoms with Crippen LogP contribution in [0.2, 0.25) is 0 Å². The highest BCUT2D eigenvalue weighted by Gasteiger charge is 2.16. The van der Waals surface area contributed by atoms with Crippen LogP contribution in [0.5, 0.6) is 0 Å². The summed E-state index contributed by atoms with van der Waals surface area (Å²) in [6, 6.07) is 2.93. The van der Waals surface area contributed by atoms with E-state index in [0.29, 0.717) is 6.42 Å². The summed E-state index contributed by atoms with van der Waals surface area (Å²) in [6.07, 6.45) is 0.334. The molecule has 0 aliphatic carbocycles. The van der Waals surface area contributed by atoms with Crippen LogP contribution in [0.25, 0.3) is 0 Å². The Morgan fingerprint density at radius 2 is 2.06 bits per heavy atom. The van der Waals surface area contributed by atoms with Gasteiger partial charge in [0.1, 0.15) is 6.04 Å². The van der Waals surface area contributed by atoms with Crippen LogP contribution >= 0.6 is 45.2 Å². The summed E-state index contributed by atoms with van der Waals surface area (Å²) in [4.78, 5) is 15.2.